The summed E-state index contributed by atoms with van der Waals surface area (Å²) in [5, 5.41) is 13.4. The van der Waals surface area contributed by atoms with E-state index < -0.39 is 5.82 Å². The van der Waals surface area contributed by atoms with E-state index in [4.69, 9.17) is 4.74 Å². The Labute approximate surface area is 179 Å². The van der Waals surface area contributed by atoms with Gasteiger partial charge in [0.1, 0.15) is 17.6 Å². The lowest BCUT2D eigenvalue weighted by atomic mass is 9.93. The van der Waals surface area contributed by atoms with E-state index in [0.717, 1.165) is 53.7 Å². The first-order valence-corrected chi connectivity index (χ1v) is 10.4. The quantitative estimate of drug-likeness (QED) is 0.529. The molecular formula is C22H24FN7O. The van der Waals surface area contributed by atoms with E-state index in [9.17, 15) is 4.39 Å². The normalized spacial score (nSPS) is 18.9. The molecule has 0 amide bonds. The number of halogens is 1. The zero-order valence-corrected chi connectivity index (χ0v) is 17.5. The first-order valence-electron chi connectivity index (χ1n) is 10.4. The second-order valence-electron chi connectivity index (χ2n) is 7.99. The van der Waals surface area contributed by atoms with Gasteiger partial charge in [0.15, 0.2) is 5.82 Å². The summed E-state index contributed by atoms with van der Waals surface area (Å²) in [7, 11) is 3.83. The fourth-order valence-corrected chi connectivity index (χ4v) is 4.14. The molecular weight excluding hydrogens is 397 g/mol. The molecule has 0 aromatic carbocycles. The van der Waals surface area contributed by atoms with Crippen LogP contribution in [0.15, 0.2) is 43.0 Å². The molecule has 1 fully saturated rings. The average molecular weight is 421 g/mol. The molecule has 1 aliphatic carbocycles. The van der Waals surface area contributed by atoms with Crippen molar-refractivity contribution in [3.8, 4) is 17.1 Å². The highest BCUT2D eigenvalue weighted by Crippen LogP contribution is 2.30. The third kappa shape index (κ3) is 3.95. The van der Waals surface area contributed by atoms with Gasteiger partial charge < -0.3 is 10.1 Å². The average Bonchev–Trinajstić information content (AvgIpc) is 3.34. The van der Waals surface area contributed by atoms with Crippen LogP contribution in [-0.2, 0) is 14.1 Å². The maximum Gasteiger partial charge on any atom is 0.250 e. The maximum absolute atomic E-state index is 13.8. The van der Waals surface area contributed by atoms with E-state index in [-0.39, 0.29) is 12.0 Å². The third-order valence-electron chi connectivity index (χ3n) is 5.74. The van der Waals surface area contributed by atoms with Crippen molar-refractivity contribution in [2.75, 3.05) is 5.32 Å². The molecule has 5 rings (SSSR count). The molecule has 9 heteroatoms. The molecule has 160 valence electrons. The van der Waals surface area contributed by atoms with Crippen molar-refractivity contribution in [3.63, 3.8) is 0 Å². The number of nitrogens with zero attached hydrogens (tertiary/aromatic N) is 6. The topological polar surface area (TPSA) is 82.7 Å². The molecule has 0 aliphatic heterocycles. The van der Waals surface area contributed by atoms with Crippen LogP contribution in [0.1, 0.15) is 25.7 Å². The van der Waals surface area contributed by atoms with E-state index in [1.165, 1.54) is 6.07 Å². The van der Waals surface area contributed by atoms with Gasteiger partial charge in [-0.15, -0.1) is 0 Å². The fraction of sp³-hybridized carbons (Fsp3) is 0.364. The monoisotopic (exact) mass is 421 g/mol. The molecule has 0 bridgehead atoms. The highest BCUT2D eigenvalue weighted by Gasteiger charge is 2.24. The van der Waals surface area contributed by atoms with E-state index in [0.29, 0.717) is 6.04 Å². The number of hydrogen-bond donors (Lipinski definition) is 1. The van der Waals surface area contributed by atoms with Gasteiger partial charge in [-0.05, 0) is 37.8 Å². The molecule has 0 atom stereocenters. The van der Waals surface area contributed by atoms with Crippen LogP contribution >= 0.6 is 0 Å². The number of nitrogens with one attached hydrogen (secondary N) is 1. The summed E-state index contributed by atoms with van der Waals surface area (Å²) in [5.41, 5.74) is 2.86. The zero-order chi connectivity index (χ0) is 21.4. The molecule has 0 saturated heterocycles. The molecule has 4 aromatic rings. The Morgan fingerprint density at radius 1 is 1.13 bits per heavy atom. The SMILES string of the molecule is Cn1cc(-c2nn(C)c3cc(NC4CCC(Oc5ncccc5F)CC4)ncc23)cn1. The molecule has 8 nitrogen and oxygen atoms in total. The van der Waals surface area contributed by atoms with Crippen molar-refractivity contribution < 1.29 is 9.13 Å². The van der Waals surface area contributed by atoms with Gasteiger partial charge in [-0.3, -0.25) is 9.36 Å². The van der Waals surface area contributed by atoms with Crippen LogP contribution in [-0.4, -0.2) is 41.7 Å². The summed E-state index contributed by atoms with van der Waals surface area (Å²) < 4.78 is 23.2. The lowest BCUT2D eigenvalue weighted by molar-refractivity contribution is 0.137. The van der Waals surface area contributed by atoms with Gasteiger partial charge >= 0.3 is 0 Å². The van der Waals surface area contributed by atoms with Crippen LogP contribution < -0.4 is 10.1 Å². The predicted octanol–water partition coefficient (Wildman–Crippen LogP) is 3.71. The summed E-state index contributed by atoms with van der Waals surface area (Å²) >= 11 is 0. The molecule has 0 spiro atoms. The van der Waals surface area contributed by atoms with Crippen LogP contribution in [0, 0.1) is 5.82 Å². The minimum Gasteiger partial charge on any atom is -0.472 e. The van der Waals surface area contributed by atoms with E-state index >= 15 is 0 Å². The first kappa shape index (κ1) is 19.5. The van der Waals surface area contributed by atoms with Gasteiger partial charge in [-0.25, -0.2) is 14.4 Å². The van der Waals surface area contributed by atoms with E-state index in [1.807, 2.05) is 43.4 Å². The number of aryl methyl sites for hydroxylation is 2. The molecule has 1 N–H and O–H groups in total. The summed E-state index contributed by atoms with van der Waals surface area (Å²) in [6.45, 7) is 0. The van der Waals surface area contributed by atoms with Crippen LogP contribution in [0.2, 0.25) is 0 Å². The standard InChI is InChI=1S/C22H24FN7O/c1-29-13-14(11-26-29)21-17-12-25-20(10-19(17)30(2)28-21)27-15-5-7-16(8-6-15)31-22-18(23)4-3-9-24-22/h3-4,9-13,15-16H,5-8H2,1-2H3,(H,25,27). The summed E-state index contributed by atoms with van der Waals surface area (Å²) in [6.07, 6.45) is 10.7. The Kier molecular flexibility index (Phi) is 5.01. The number of aromatic nitrogens is 6. The predicted molar refractivity (Wildman–Crippen MR) is 115 cm³/mol. The molecule has 4 heterocycles. The third-order valence-corrected chi connectivity index (χ3v) is 5.74. The summed E-state index contributed by atoms with van der Waals surface area (Å²) in [6, 6.07) is 5.27. The van der Waals surface area contributed by atoms with Gasteiger partial charge in [-0.1, -0.05) is 0 Å². The lowest BCUT2D eigenvalue weighted by Gasteiger charge is -2.29. The van der Waals surface area contributed by atoms with Crippen molar-refractivity contribution in [1.82, 2.24) is 29.5 Å². The van der Waals surface area contributed by atoms with Crippen LogP contribution in [0.5, 0.6) is 5.88 Å². The van der Waals surface area contributed by atoms with Gasteiger partial charge in [0.25, 0.3) is 5.88 Å². The first-order chi connectivity index (χ1) is 15.1. The van der Waals surface area contributed by atoms with E-state index in [1.54, 1.807) is 16.9 Å². The van der Waals surface area contributed by atoms with Gasteiger partial charge in [-0.2, -0.15) is 10.2 Å². The van der Waals surface area contributed by atoms with Gasteiger partial charge in [0, 0.05) is 55.7 Å². The van der Waals surface area contributed by atoms with Crippen molar-refractivity contribution in [2.24, 2.45) is 14.1 Å². The molecule has 1 saturated carbocycles. The highest BCUT2D eigenvalue weighted by atomic mass is 19.1. The Bertz CT molecular complexity index is 1210. The van der Waals surface area contributed by atoms with Crippen LogP contribution in [0.3, 0.4) is 0 Å². The van der Waals surface area contributed by atoms with Crippen molar-refractivity contribution >= 4 is 16.7 Å². The Morgan fingerprint density at radius 2 is 1.97 bits per heavy atom. The van der Waals surface area contributed by atoms with Crippen molar-refractivity contribution in [2.45, 2.75) is 37.8 Å². The Balaban J connectivity index is 1.25. The second-order valence-corrected chi connectivity index (χ2v) is 7.99. The van der Waals surface area contributed by atoms with Crippen LogP contribution in [0.4, 0.5) is 10.2 Å². The second kappa shape index (κ2) is 7.98. The number of fused-ring (bicyclic) bond motifs is 1. The number of hydrogen-bond acceptors (Lipinski definition) is 6. The minimum absolute atomic E-state index is 0.0167. The van der Waals surface area contributed by atoms with Crippen molar-refractivity contribution in [1.29, 1.82) is 0 Å². The fourth-order valence-electron chi connectivity index (χ4n) is 4.14. The van der Waals surface area contributed by atoms with Crippen LogP contribution in [0.25, 0.3) is 22.2 Å². The smallest absolute Gasteiger partial charge is 0.250 e. The summed E-state index contributed by atoms with van der Waals surface area (Å²) in [5.74, 6) is 0.502. The molecule has 31 heavy (non-hydrogen) atoms. The van der Waals surface area contributed by atoms with E-state index in [2.05, 4.69) is 25.5 Å². The minimum atomic E-state index is -0.415. The van der Waals surface area contributed by atoms with Crippen molar-refractivity contribution in [3.05, 3.63) is 48.8 Å². The Hall–Kier alpha value is -3.49. The molecule has 0 radical (unpaired) electrons. The van der Waals surface area contributed by atoms with Gasteiger partial charge in [0.05, 0.1) is 11.7 Å². The Morgan fingerprint density at radius 3 is 2.71 bits per heavy atom. The lowest BCUT2D eigenvalue weighted by Crippen LogP contribution is -2.31. The molecule has 1 aliphatic rings. The zero-order valence-electron chi connectivity index (χ0n) is 17.5. The summed E-state index contributed by atoms with van der Waals surface area (Å²) in [4.78, 5) is 8.61. The maximum atomic E-state index is 13.8. The molecule has 0 unspecified atom stereocenters. The number of rotatable bonds is 5. The van der Waals surface area contributed by atoms with Gasteiger partial charge in [0.2, 0.25) is 0 Å². The number of pyridine rings is 2. The highest BCUT2D eigenvalue weighted by molar-refractivity contribution is 5.93. The molecule has 4 aromatic heterocycles. The largest absolute Gasteiger partial charge is 0.472 e. The number of anilines is 1. The number of ether oxygens (including phenoxy) is 1.